The smallest absolute Gasteiger partial charge is 0.224 e. The van der Waals surface area contributed by atoms with Crippen molar-refractivity contribution in [2.75, 3.05) is 5.32 Å². The molecule has 0 aromatic heterocycles. The summed E-state index contributed by atoms with van der Waals surface area (Å²) in [5, 5.41) is 12.4. The van der Waals surface area contributed by atoms with Gasteiger partial charge in [0.25, 0.3) is 0 Å². The zero-order valence-corrected chi connectivity index (χ0v) is 11.6. The van der Waals surface area contributed by atoms with Crippen molar-refractivity contribution >= 4 is 11.6 Å². The van der Waals surface area contributed by atoms with Gasteiger partial charge in [0, 0.05) is 12.1 Å². The predicted octanol–water partition coefficient (Wildman–Crippen LogP) is 3.65. The highest BCUT2D eigenvalue weighted by Crippen LogP contribution is 2.26. The third-order valence-electron chi connectivity index (χ3n) is 3.88. The van der Waals surface area contributed by atoms with Crippen LogP contribution in [0.3, 0.4) is 0 Å². The number of carbonyl (C=O) groups excluding carboxylic acids is 1. The molecule has 1 saturated carbocycles. The van der Waals surface area contributed by atoms with Crippen molar-refractivity contribution in [3.63, 3.8) is 0 Å². The fourth-order valence-electron chi connectivity index (χ4n) is 2.71. The quantitative estimate of drug-likeness (QED) is 0.869. The van der Waals surface area contributed by atoms with E-state index in [2.05, 4.69) is 5.32 Å². The summed E-state index contributed by atoms with van der Waals surface area (Å²) in [5.41, 5.74) is 1.68. The Bertz CT molecular complexity index is 405. The minimum Gasteiger partial charge on any atom is -0.389 e. The van der Waals surface area contributed by atoms with Crippen LogP contribution in [0.1, 0.15) is 57.1 Å². The van der Waals surface area contributed by atoms with Crippen molar-refractivity contribution in [1.82, 2.24) is 0 Å². The summed E-state index contributed by atoms with van der Waals surface area (Å²) < 4.78 is 0. The lowest BCUT2D eigenvalue weighted by Gasteiger charge is -2.20. The molecule has 0 radical (unpaired) electrons. The van der Waals surface area contributed by atoms with Crippen molar-refractivity contribution in [3.05, 3.63) is 29.8 Å². The monoisotopic (exact) mass is 261 g/mol. The molecule has 1 amide bonds. The summed E-state index contributed by atoms with van der Waals surface area (Å²) in [6.07, 6.45) is 6.40. The van der Waals surface area contributed by atoms with Crippen molar-refractivity contribution in [3.8, 4) is 0 Å². The van der Waals surface area contributed by atoms with Gasteiger partial charge in [0.2, 0.25) is 5.91 Å². The van der Waals surface area contributed by atoms with Gasteiger partial charge in [0.05, 0.1) is 6.10 Å². The Morgan fingerprint density at radius 3 is 2.47 bits per heavy atom. The van der Waals surface area contributed by atoms with E-state index in [1.165, 1.54) is 32.1 Å². The molecule has 1 aliphatic rings. The lowest BCUT2D eigenvalue weighted by Crippen LogP contribution is -2.18. The summed E-state index contributed by atoms with van der Waals surface area (Å²) in [7, 11) is 0. The second-order valence-corrected chi connectivity index (χ2v) is 5.55. The lowest BCUT2D eigenvalue weighted by atomic mass is 9.87. The van der Waals surface area contributed by atoms with Crippen LogP contribution in [0.15, 0.2) is 24.3 Å². The van der Waals surface area contributed by atoms with Crippen molar-refractivity contribution in [2.45, 2.75) is 51.6 Å². The van der Waals surface area contributed by atoms with Crippen LogP contribution in [-0.2, 0) is 4.79 Å². The molecule has 0 bridgehead atoms. The Morgan fingerprint density at radius 2 is 1.89 bits per heavy atom. The maximum absolute atomic E-state index is 11.9. The van der Waals surface area contributed by atoms with Crippen LogP contribution in [0.2, 0.25) is 0 Å². The third-order valence-corrected chi connectivity index (χ3v) is 3.88. The van der Waals surface area contributed by atoms with E-state index in [-0.39, 0.29) is 5.91 Å². The second kappa shape index (κ2) is 6.71. The molecular weight excluding hydrogens is 238 g/mol. The van der Waals surface area contributed by atoms with Gasteiger partial charge in [0.15, 0.2) is 0 Å². The molecule has 104 valence electrons. The molecule has 1 aliphatic carbocycles. The van der Waals surface area contributed by atoms with Gasteiger partial charge >= 0.3 is 0 Å². The molecule has 0 heterocycles. The molecule has 19 heavy (non-hydrogen) atoms. The summed E-state index contributed by atoms with van der Waals surface area (Å²) >= 11 is 0. The standard InChI is InChI=1S/C16H23NO2/c1-12(18)14-7-9-15(10-8-14)17-16(19)11-13-5-3-2-4-6-13/h7-10,12-13,18H,2-6,11H2,1H3,(H,17,19). The van der Waals surface area contributed by atoms with Crippen molar-refractivity contribution in [2.24, 2.45) is 5.92 Å². The fourth-order valence-corrected chi connectivity index (χ4v) is 2.71. The molecule has 3 nitrogen and oxygen atoms in total. The van der Waals surface area contributed by atoms with Crippen LogP contribution >= 0.6 is 0 Å². The SMILES string of the molecule is CC(O)c1ccc(NC(=O)CC2CCCCC2)cc1. The number of carbonyl (C=O) groups is 1. The molecule has 1 atom stereocenters. The number of aliphatic hydroxyl groups excluding tert-OH is 1. The van der Waals surface area contributed by atoms with E-state index in [1.54, 1.807) is 6.92 Å². The van der Waals surface area contributed by atoms with E-state index in [4.69, 9.17) is 0 Å². The highest BCUT2D eigenvalue weighted by molar-refractivity contribution is 5.90. The molecule has 0 spiro atoms. The first-order valence-corrected chi connectivity index (χ1v) is 7.23. The molecule has 0 saturated heterocycles. The van der Waals surface area contributed by atoms with Gasteiger partial charge in [-0.1, -0.05) is 31.4 Å². The Morgan fingerprint density at radius 1 is 1.26 bits per heavy atom. The largest absolute Gasteiger partial charge is 0.389 e. The van der Waals surface area contributed by atoms with Gasteiger partial charge in [-0.3, -0.25) is 4.79 Å². The minimum absolute atomic E-state index is 0.108. The number of benzene rings is 1. The molecule has 3 heteroatoms. The minimum atomic E-state index is -0.466. The number of hydrogen-bond donors (Lipinski definition) is 2. The van der Waals surface area contributed by atoms with E-state index in [1.807, 2.05) is 24.3 Å². The zero-order chi connectivity index (χ0) is 13.7. The molecule has 2 rings (SSSR count). The van der Waals surface area contributed by atoms with Gasteiger partial charge < -0.3 is 10.4 Å². The van der Waals surface area contributed by atoms with E-state index in [0.717, 1.165) is 11.3 Å². The van der Waals surface area contributed by atoms with Gasteiger partial charge in [-0.2, -0.15) is 0 Å². The van der Waals surface area contributed by atoms with Gasteiger partial charge in [-0.25, -0.2) is 0 Å². The molecule has 1 fully saturated rings. The highest BCUT2D eigenvalue weighted by atomic mass is 16.3. The molecule has 1 aromatic carbocycles. The molecule has 0 aliphatic heterocycles. The van der Waals surface area contributed by atoms with Crippen molar-refractivity contribution < 1.29 is 9.90 Å². The van der Waals surface area contributed by atoms with Crippen LogP contribution < -0.4 is 5.32 Å². The molecule has 2 N–H and O–H groups in total. The number of nitrogens with one attached hydrogen (secondary N) is 1. The topological polar surface area (TPSA) is 49.3 Å². The van der Waals surface area contributed by atoms with Crippen LogP contribution in [0.5, 0.6) is 0 Å². The maximum Gasteiger partial charge on any atom is 0.224 e. The number of hydrogen-bond acceptors (Lipinski definition) is 2. The first-order valence-electron chi connectivity index (χ1n) is 7.23. The first-order chi connectivity index (χ1) is 9.15. The second-order valence-electron chi connectivity index (χ2n) is 5.55. The fraction of sp³-hybridized carbons (Fsp3) is 0.562. The zero-order valence-electron chi connectivity index (χ0n) is 11.6. The Labute approximate surface area is 115 Å². The van der Waals surface area contributed by atoms with E-state index in [0.29, 0.717) is 12.3 Å². The number of aliphatic hydroxyl groups is 1. The highest BCUT2D eigenvalue weighted by Gasteiger charge is 2.17. The van der Waals surface area contributed by atoms with Crippen LogP contribution in [0.25, 0.3) is 0 Å². The summed E-state index contributed by atoms with van der Waals surface area (Å²) in [4.78, 5) is 11.9. The van der Waals surface area contributed by atoms with Crippen molar-refractivity contribution in [1.29, 1.82) is 0 Å². The Hall–Kier alpha value is -1.35. The Balaban J connectivity index is 1.84. The van der Waals surface area contributed by atoms with Gasteiger partial charge in [-0.15, -0.1) is 0 Å². The Kier molecular flexibility index (Phi) is 4.97. The van der Waals surface area contributed by atoms with Crippen LogP contribution in [-0.4, -0.2) is 11.0 Å². The van der Waals surface area contributed by atoms with E-state index < -0.39 is 6.10 Å². The van der Waals surface area contributed by atoms with E-state index in [9.17, 15) is 9.90 Å². The summed E-state index contributed by atoms with van der Waals surface area (Å²) in [6.45, 7) is 1.73. The number of anilines is 1. The maximum atomic E-state index is 11.9. The molecule has 1 aromatic rings. The molecular formula is C16H23NO2. The van der Waals surface area contributed by atoms with Gasteiger partial charge in [0.1, 0.15) is 0 Å². The summed E-state index contributed by atoms with van der Waals surface area (Å²) in [6, 6.07) is 7.39. The van der Waals surface area contributed by atoms with E-state index >= 15 is 0 Å². The number of rotatable bonds is 4. The molecule has 1 unspecified atom stereocenters. The normalized spacial score (nSPS) is 18.0. The lowest BCUT2D eigenvalue weighted by molar-refractivity contribution is -0.117. The number of amides is 1. The van der Waals surface area contributed by atoms with Crippen LogP contribution in [0, 0.1) is 5.92 Å². The summed E-state index contributed by atoms with van der Waals surface area (Å²) in [5.74, 6) is 0.669. The first kappa shape index (κ1) is 14.1. The predicted molar refractivity (Wildman–Crippen MR) is 76.9 cm³/mol. The van der Waals surface area contributed by atoms with Crippen LogP contribution in [0.4, 0.5) is 5.69 Å². The van der Waals surface area contributed by atoms with Gasteiger partial charge in [-0.05, 0) is 43.4 Å². The average Bonchev–Trinajstić information content (AvgIpc) is 2.40. The average molecular weight is 261 g/mol. The third kappa shape index (κ3) is 4.35.